The number of carbonyl (C=O) groups is 1. The van der Waals surface area contributed by atoms with Crippen LogP contribution in [0.2, 0.25) is 0 Å². The Kier molecular flexibility index (Phi) is 6.60. The van der Waals surface area contributed by atoms with Crippen LogP contribution in [-0.4, -0.2) is 19.9 Å². The minimum atomic E-state index is -0.735. The molecule has 0 amide bonds. The molecule has 1 aliphatic rings. The van der Waals surface area contributed by atoms with Gasteiger partial charge in [0, 0.05) is 17.7 Å². The summed E-state index contributed by atoms with van der Waals surface area (Å²) in [6.45, 7) is 6.49. The normalized spacial score (nSPS) is 16.3. The fraction of sp³-hybridized carbons (Fsp3) is 0.292. The molecule has 2 aromatic rings. The Hall–Kier alpha value is -3.21. The highest BCUT2D eigenvalue weighted by molar-refractivity contribution is 5.63. The van der Waals surface area contributed by atoms with Crippen LogP contribution in [0, 0.1) is 0 Å². The van der Waals surface area contributed by atoms with Gasteiger partial charge in [-0.2, -0.15) is 0 Å². The molecule has 1 atom stereocenters. The van der Waals surface area contributed by atoms with Crippen LogP contribution in [-0.2, 0) is 15.9 Å². The van der Waals surface area contributed by atoms with Crippen LogP contribution in [0.1, 0.15) is 37.8 Å². The second-order valence-electron chi connectivity index (χ2n) is 7.03. The first-order valence-electron chi connectivity index (χ1n) is 9.68. The lowest BCUT2D eigenvalue weighted by molar-refractivity contribution is 0.0919. The van der Waals surface area contributed by atoms with E-state index in [2.05, 4.69) is 17.4 Å². The van der Waals surface area contributed by atoms with Gasteiger partial charge in [-0.1, -0.05) is 48.5 Å². The van der Waals surface area contributed by atoms with Gasteiger partial charge in [-0.05, 0) is 38.0 Å². The Bertz CT molecular complexity index is 931. The number of para-hydroxylation sites is 1. The van der Waals surface area contributed by atoms with Crippen LogP contribution in [0.3, 0.4) is 0 Å². The van der Waals surface area contributed by atoms with Gasteiger partial charge >= 0.3 is 6.16 Å². The maximum Gasteiger partial charge on any atom is 0.513 e. The largest absolute Gasteiger partial charge is 0.513 e. The zero-order valence-electron chi connectivity index (χ0n) is 17.3. The highest BCUT2D eigenvalue weighted by Gasteiger charge is 2.32. The highest BCUT2D eigenvalue weighted by atomic mass is 16.7. The number of ether oxygens (including phenoxy) is 3. The summed E-state index contributed by atoms with van der Waals surface area (Å²) < 4.78 is 16.4. The van der Waals surface area contributed by atoms with Crippen molar-refractivity contribution in [3.63, 3.8) is 0 Å². The first kappa shape index (κ1) is 20.5. The number of benzene rings is 2. The molecule has 0 spiro atoms. The van der Waals surface area contributed by atoms with Crippen molar-refractivity contribution in [3.05, 3.63) is 88.5 Å². The van der Waals surface area contributed by atoms with Gasteiger partial charge in [0.25, 0.3) is 0 Å². The van der Waals surface area contributed by atoms with E-state index in [0.29, 0.717) is 12.4 Å². The monoisotopic (exact) mass is 393 g/mol. The molecule has 29 heavy (non-hydrogen) atoms. The summed E-state index contributed by atoms with van der Waals surface area (Å²) in [5, 5.41) is 3.28. The Balaban J connectivity index is 1.88. The van der Waals surface area contributed by atoms with Crippen LogP contribution in [0.4, 0.5) is 4.79 Å². The third kappa shape index (κ3) is 4.80. The molecule has 5 heteroatoms. The van der Waals surface area contributed by atoms with Crippen molar-refractivity contribution in [1.29, 1.82) is 0 Å². The van der Waals surface area contributed by atoms with Crippen LogP contribution in [0.5, 0.6) is 5.75 Å². The first-order chi connectivity index (χ1) is 14.0. The number of methoxy groups -OCH3 is 1. The first-order valence-corrected chi connectivity index (χ1v) is 9.68. The molecular weight excluding hydrogens is 366 g/mol. The molecule has 1 heterocycles. The van der Waals surface area contributed by atoms with E-state index in [4.69, 9.17) is 14.2 Å². The molecule has 2 aromatic carbocycles. The van der Waals surface area contributed by atoms with Crippen molar-refractivity contribution in [1.82, 2.24) is 5.32 Å². The standard InChI is InChI=1S/C24H27NO4/c1-16-17(2)25-18(3)23(29-24(26)27-4)22(16)20-12-8-9-13-21(20)28-15-14-19-10-6-5-7-11-19/h5-13,22,25H,14-15H2,1-4H3. The fourth-order valence-electron chi connectivity index (χ4n) is 3.49. The summed E-state index contributed by atoms with van der Waals surface area (Å²) >= 11 is 0. The fourth-order valence-corrected chi connectivity index (χ4v) is 3.49. The van der Waals surface area contributed by atoms with Crippen LogP contribution in [0.25, 0.3) is 0 Å². The van der Waals surface area contributed by atoms with E-state index in [1.165, 1.54) is 12.7 Å². The van der Waals surface area contributed by atoms with Gasteiger partial charge in [-0.15, -0.1) is 0 Å². The maximum atomic E-state index is 11.9. The van der Waals surface area contributed by atoms with E-state index in [1.807, 2.05) is 63.2 Å². The number of hydrogen-bond acceptors (Lipinski definition) is 5. The molecule has 5 nitrogen and oxygen atoms in total. The molecule has 1 unspecified atom stereocenters. The maximum absolute atomic E-state index is 11.9. The van der Waals surface area contributed by atoms with Crippen LogP contribution >= 0.6 is 0 Å². The number of dihydropyridines is 1. The van der Waals surface area contributed by atoms with Crippen molar-refractivity contribution < 1.29 is 19.0 Å². The van der Waals surface area contributed by atoms with Crippen molar-refractivity contribution in [2.24, 2.45) is 0 Å². The van der Waals surface area contributed by atoms with Gasteiger partial charge in [-0.25, -0.2) is 4.79 Å². The second kappa shape index (κ2) is 9.32. The van der Waals surface area contributed by atoms with E-state index in [9.17, 15) is 4.79 Å². The molecule has 0 bridgehead atoms. The van der Waals surface area contributed by atoms with E-state index in [0.717, 1.165) is 34.7 Å². The van der Waals surface area contributed by atoms with Crippen LogP contribution < -0.4 is 10.1 Å². The lowest BCUT2D eigenvalue weighted by atomic mass is 9.85. The summed E-state index contributed by atoms with van der Waals surface area (Å²) in [5.74, 6) is 1.07. The summed E-state index contributed by atoms with van der Waals surface area (Å²) in [6, 6.07) is 18.1. The van der Waals surface area contributed by atoms with E-state index in [-0.39, 0.29) is 5.92 Å². The second-order valence-corrected chi connectivity index (χ2v) is 7.03. The number of nitrogens with one attached hydrogen (secondary N) is 1. The number of allylic oxidation sites excluding steroid dienone is 3. The van der Waals surface area contributed by atoms with Crippen molar-refractivity contribution in [2.75, 3.05) is 13.7 Å². The summed E-state index contributed by atoms with van der Waals surface area (Å²) in [4.78, 5) is 11.9. The number of rotatable bonds is 6. The third-order valence-corrected chi connectivity index (χ3v) is 5.11. The average Bonchev–Trinajstić information content (AvgIpc) is 2.73. The molecule has 0 radical (unpaired) electrons. The van der Waals surface area contributed by atoms with Gasteiger partial charge in [0.15, 0.2) is 0 Å². The lowest BCUT2D eigenvalue weighted by Gasteiger charge is -2.30. The topological polar surface area (TPSA) is 56.8 Å². The molecule has 152 valence electrons. The molecule has 1 aliphatic heterocycles. The SMILES string of the molecule is COC(=O)OC1=C(C)NC(C)=C(C)C1c1ccccc1OCCc1ccccc1. The minimum Gasteiger partial charge on any atom is -0.493 e. The quantitative estimate of drug-likeness (QED) is 0.675. The Morgan fingerprint density at radius 3 is 2.38 bits per heavy atom. The van der Waals surface area contributed by atoms with Gasteiger partial charge in [0.1, 0.15) is 11.5 Å². The van der Waals surface area contributed by atoms with Crippen molar-refractivity contribution in [2.45, 2.75) is 33.1 Å². The van der Waals surface area contributed by atoms with Gasteiger partial charge in [0.2, 0.25) is 0 Å². The Morgan fingerprint density at radius 2 is 1.66 bits per heavy atom. The lowest BCUT2D eigenvalue weighted by Crippen LogP contribution is -2.26. The van der Waals surface area contributed by atoms with E-state index in [1.54, 1.807) is 0 Å². The van der Waals surface area contributed by atoms with Crippen molar-refractivity contribution >= 4 is 6.16 Å². The van der Waals surface area contributed by atoms with Gasteiger partial charge in [-0.3, -0.25) is 0 Å². The molecule has 3 rings (SSSR count). The van der Waals surface area contributed by atoms with E-state index >= 15 is 0 Å². The summed E-state index contributed by atoms with van der Waals surface area (Å²) in [7, 11) is 1.30. The smallest absolute Gasteiger partial charge is 0.493 e. The minimum absolute atomic E-state index is 0.233. The molecule has 0 aromatic heterocycles. The van der Waals surface area contributed by atoms with Gasteiger partial charge in [0.05, 0.1) is 25.3 Å². The zero-order chi connectivity index (χ0) is 20.8. The summed E-state index contributed by atoms with van der Waals surface area (Å²) in [6.07, 6.45) is 0.0799. The van der Waals surface area contributed by atoms with Gasteiger partial charge < -0.3 is 19.5 Å². The number of hydrogen-bond donors (Lipinski definition) is 1. The predicted molar refractivity (Wildman–Crippen MR) is 113 cm³/mol. The molecule has 0 saturated carbocycles. The highest BCUT2D eigenvalue weighted by Crippen LogP contribution is 2.42. The average molecular weight is 393 g/mol. The molecule has 0 aliphatic carbocycles. The Morgan fingerprint density at radius 1 is 0.966 bits per heavy atom. The molecule has 1 N–H and O–H groups in total. The zero-order valence-corrected chi connectivity index (χ0v) is 17.3. The predicted octanol–water partition coefficient (Wildman–Crippen LogP) is 5.30. The number of carbonyl (C=O) groups excluding carboxylic acids is 1. The summed E-state index contributed by atoms with van der Waals surface area (Å²) in [5.41, 5.74) is 5.06. The van der Waals surface area contributed by atoms with Crippen molar-refractivity contribution in [3.8, 4) is 5.75 Å². The van der Waals surface area contributed by atoms with Crippen LogP contribution in [0.15, 0.2) is 77.3 Å². The third-order valence-electron chi connectivity index (χ3n) is 5.11. The molecular formula is C24H27NO4. The molecule has 0 fully saturated rings. The van der Waals surface area contributed by atoms with E-state index < -0.39 is 6.16 Å². The molecule has 0 saturated heterocycles. The Labute approximate surface area is 172 Å².